The summed E-state index contributed by atoms with van der Waals surface area (Å²) in [7, 11) is 0. The van der Waals surface area contributed by atoms with Crippen LogP contribution >= 0.6 is 0 Å². The van der Waals surface area contributed by atoms with Gasteiger partial charge in [-0.15, -0.1) is 0 Å². The Labute approximate surface area is 262 Å². The molecule has 0 heterocycles. The molecule has 46 heavy (non-hydrogen) atoms. The van der Waals surface area contributed by atoms with Crippen LogP contribution in [0.25, 0.3) is 130 Å². The monoisotopic (exact) mass is 574 g/mol. The van der Waals surface area contributed by atoms with Crippen molar-refractivity contribution in [1.82, 2.24) is 0 Å². The van der Waals surface area contributed by atoms with Crippen LogP contribution in [0.4, 0.5) is 0 Å². The van der Waals surface area contributed by atoms with Gasteiger partial charge in [0.1, 0.15) is 0 Å². The Bertz CT molecular complexity index is 3240. The fraction of sp³-hybridized carbons (Fsp3) is 0. The van der Waals surface area contributed by atoms with Crippen molar-refractivity contribution in [2.75, 3.05) is 0 Å². The van der Waals surface area contributed by atoms with E-state index in [0.717, 1.165) is 0 Å². The van der Waals surface area contributed by atoms with Crippen molar-refractivity contribution >= 4 is 108 Å². The lowest BCUT2D eigenvalue weighted by Crippen LogP contribution is -1.88. The van der Waals surface area contributed by atoms with E-state index >= 15 is 0 Å². The molecule has 0 fully saturated rings. The number of hydrogen-bond donors (Lipinski definition) is 0. The second kappa shape index (κ2) is 7.28. The molecule has 0 unspecified atom stereocenters. The van der Waals surface area contributed by atoms with E-state index in [1.807, 2.05) is 0 Å². The summed E-state index contributed by atoms with van der Waals surface area (Å²) >= 11 is 0. The zero-order valence-electron chi connectivity index (χ0n) is 24.7. The van der Waals surface area contributed by atoms with Gasteiger partial charge in [0, 0.05) is 0 Å². The average molecular weight is 575 g/mol. The van der Waals surface area contributed by atoms with E-state index in [-0.39, 0.29) is 0 Å². The highest BCUT2D eigenvalue weighted by molar-refractivity contribution is 6.49. The lowest BCUT2D eigenvalue weighted by Gasteiger charge is -2.16. The van der Waals surface area contributed by atoms with Gasteiger partial charge in [-0.05, 0) is 148 Å². The summed E-state index contributed by atoms with van der Waals surface area (Å²) in [5, 5.41) is 27.5. The summed E-state index contributed by atoms with van der Waals surface area (Å²) in [6, 6.07) is 51.1. The van der Waals surface area contributed by atoms with Crippen LogP contribution in [-0.4, -0.2) is 0 Å². The summed E-state index contributed by atoms with van der Waals surface area (Å²) in [6.07, 6.45) is 0. The largest absolute Gasteiger partial charge is 0.0616 e. The first-order valence-electron chi connectivity index (χ1n) is 16.3. The Kier molecular flexibility index (Phi) is 3.56. The SMILES string of the molecule is c1ccc2cc3c(cc2c1)-c1ccc2c4ccc5c6cc7cccc8c9ccccc9c(c78)c6c6ccc(c7ccc-3c1c27)c4c56. The molecule has 0 aliphatic heterocycles. The van der Waals surface area contributed by atoms with Crippen LogP contribution in [0.1, 0.15) is 0 Å². The molecular weight excluding hydrogens is 553 g/mol. The van der Waals surface area contributed by atoms with Crippen molar-refractivity contribution < 1.29 is 0 Å². The van der Waals surface area contributed by atoms with Gasteiger partial charge in [0.25, 0.3) is 0 Å². The molecule has 0 atom stereocenters. The maximum absolute atomic E-state index is 2.46. The molecular formula is C46H22. The van der Waals surface area contributed by atoms with E-state index in [4.69, 9.17) is 0 Å². The quantitative estimate of drug-likeness (QED) is 0.125. The van der Waals surface area contributed by atoms with Gasteiger partial charge in [0.15, 0.2) is 0 Å². The van der Waals surface area contributed by atoms with E-state index in [0.29, 0.717) is 0 Å². The van der Waals surface area contributed by atoms with Crippen molar-refractivity contribution in [3.05, 3.63) is 133 Å². The first-order valence-corrected chi connectivity index (χ1v) is 16.3. The third-order valence-corrected chi connectivity index (χ3v) is 11.6. The van der Waals surface area contributed by atoms with Gasteiger partial charge in [-0.2, -0.15) is 0 Å². The van der Waals surface area contributed by atoms with Crippen molar-refractivity contribution in [2.45, 2.75) is 0 Å². The molecule has 206 valence electrons. The topological polar surface area (TPSA) is 0 Å². The molecule has 0 bridgehead atoms. The highest BCUT2D eigenvalue weighted by Gasteiger charge is 2.27. The molecule has 0 spiro atoms. The molecule has 0 N–H and O–H groups in total. The Hall–Kier alpha value is -5.98. The van der Waals surface area contributed by atoms with Gasteiger partial charge < -0.3 is 0 Å². The third-order valence-electron chi connectivity index (χ3n) is 11.6. The zero-order chi connectivity index (χ0) is 29.4. The predicted molar refractivity (Wildman–Crippen MR) is 199 cm³/mol. The molecule has 0 nitrogen and oxygen atoms in total. The van der Waals surface area contributed by atoms with Crippen LogP contribution in [0.3, 0.4) is 0 Å². The molecule has 1 aliphatic rings. The van der Waals surface area contributed by atoms with Crippen LogP contribution in [0.15, 0.2) is 133 Å². The van der Waals surface area contributed by atoms with Gasteiger partial charge >= 0.3 is 0 Å². The van der Waals surface area contributed by atoms with Crippen molar-refractivity contribution in [3.63, 3.8) is 0 Å². The molecule has 0 saturated heterocycles. The fourth-order valence-electron chi connectivity index (χ4n) is 9.84. The number of rotatable bonds is 0. The second-order valence-corrected chi connectivity index (χ2v) is 13.5. The van der Waals surface area contributed by atoms with E-state index in [9.17, 15) is 0 Å². The van der Waals surface area contributed by atoms with Crippen LogP contribution in [-0.2, 0) is 0 Å². The molecule has 1 aliphatic carbocycles. The van der Waals surface area contributed by atoms with Crippen molar-refractivity contribution in [2.24, 2.45) is 0 Å². The van der Waals surface area contributed by atoms with Gasteiger partial charge in [-0.3, -0.25) is 0 Å². The lowest BCUT2D eigenvalue weighted by atomic mass is 9.87. The lowest BCUT2D eigenvalue weighted by molar-refractivity contribution is 1.73. The molecule has 0 aromatic heterocycles. The minimum absolute atomic E-state index is 1.30. The highest BCUT2D eigenvalue weighted by atomic mass is 14.3. The fourth-order valence-corrected chi connectivity index (χ4v) is 9.84. The van der Waals surface area contributed by atoms with Gasteiger partial charge in [0.05, 0.1) is 0 Å². The maximum Gasteiger partial charge on any atom is -0.000785 e. The smallest absolute Gasteiger partial charge is 0.000785 e. The Morgan fingerprint density at radius 1 is 0.196 bits per heavy atom. The van der Waals surface area contributed by atoms with E-state index in [1.165, 1.54) is 130 Å². The zero-order valence-corrected chi connectivity index (χ0v) is 24.7. The van der Waals surface area contributed by atoms with Gasteiger partial charge in [-0.25, -0.2) is 0 Å². The van der Waals surface area contributed by atoms with Gasteiger partial charge in [-0.1, -0.05) is 115 Å². The minimum Gasteiger partial charge on any atom is -0.0616 e. The number of hydrogen-bond acceptors (Lipinski definition) is 0. The van der Waals surface area contributed by atoms with E-state index < -0.39 is 0 Å². The summed E-state index contributed by atoms with van der Waals surface area (Å²) in [5.74, 6) is 0. The van der Waals surface area contributed by atoms with Crippen molar-refractivity contribution in [1.29, 1.82) is 0 Å². The van der Waals surface area contributed by atoms with Crippen LogP contribution in [0.2, 0.25) is 0 Å². The standard InChI is InChI=1S/C46H22/c1-2-7-24-21-38-34-16-13-30-32-18-19-36-44-35(39-22-25-8-5-11-27-26-9-3-4-10-28(26)46(40(25)27)45(36)39)17-14-31(42(32)44)29-12-15-33(43(34)41(29)30)37(38)20-23(24)6-1/h1-22H. The average Bonchev–Trinajstić information content (AvgIpc) is 3.73. The second-order valence-electron chi connectivity index (χ2n) is 13.5. The molecule has 12 aromatic rings. The molecule has 0 radical (unpaired) electrons. The van der Waals surface area contributed by atoms with E-state index in [1.54, 1.807) is 0 Å². The molecule has 0 amide bonds. The molecule has 0 heteroatoms. The van der Waals surface area contributed by atoms with Gasteiger partial charge in [0.2, 0.25) is 0 Å². The summed E-state index contributed by atoms with van der Waals surface area (Å²) in [5.41, 5.74) is 5.45. The predicted octanol–water partition coefficient (Wildman–Crippen LogP) is 13.2. The van der Waals surface area contributed by atoms with Crippen molar-refractivity contribution in [3.8, 4) is 22.3 Å². The molecule has 13 rings (SSSR count). The number of benzene rings is 10. The van der Waals surface area contributed by atoms with E-state index in [2.05, 4.69) is 133 Å². The summed E-state index contributed by atoms with van der Waals surface area (Å²) in [4.78, 5) is 0. The van der Waals surface area contributed by atoms with Crippen LogP contribution in [0.5, 0.6) is 0 Å². The summed E-state index contributed by atoms with van der Waals surface area (Å²) < 4.78 is 0. The first kappa shape index (κ1) is 22.5. The summed E-state index contributed by atoms with van der Waals surface area (Å²) in [6.45, 7) is 0. The van der Waals surface area contributed by atoms with Crippen LogP contribution < -0.4 is 0 Å². The first-order chi connectivity index (χ1) is 22.8. The Morgan fingerprint density at radius 3 is 1.33 bits per heavy atom. The Balaban J connectivity index is 1.24. The molecule has 0 saturated carbocycles. The van der Waals surface area contributed by atoms with Crippen LogP contribution in [0, 0.1) is 0 Å². The number of fused-ring (bicyclic) bond motifs is 13. The highest BCUT2D eigenvalue weighted by Crippen LogP contribution is 2.55. The Morgan fingerprint density at radius 2 is 0.630 bits per heavy atom. The minimum atomic E-state index is 1.30. The maximum atomic E-state index is 2.46. The third kappa shape index (κ3) is 2.32. The normalized spacial score (nSPS) is 13.2. The molecule has 12 aromatic carbocycles.